The molecule has 1 aromatic rings. The van der Waals surface area contributed by atoms with Crippen LogP contribution >= 0.6 is 11.8 Å². The Morgan fingerprint density at radius 3 is 3.05 bits per heavy atom. The van der Waals surface area contributed by atoms with Gasteiger partial charge in [-0.3, -0.25) is 0 Å². The van der Waals surface area contributed by atoms with Gasteiger partial charge >= 0.3 is 5.97 Å². The summed E-state index contributed by atoms with van der Waals surface area (Å²) in [7, 11) is 0. The molecule has 0 amide bonds. The molecule has 1 aliphatic rings. The molecule has 1 fully saturated rings. The lowest BCUT2D eigenvalue weighted by atomic mass is 10.2. The highest BCUT2D eigenvalue weighted by Gasteiger charge is 2.26. The molecule has 0 aliphatic carbocycles. The molecule has 1 saturated heterocycles. The maximum absolute atomic E-state index is 13.0. The molecule has 2 heterocycles. The molecule has 110 valence electrons. The Morgan fingerprint density at radius 1 is 1.65 bits per heavy atom. The molecule has 0 radical (unpaired) electrons. The smallest absolute Gasteiger partial charge is 0.341 e. The second-order valence-electron chi connectivity index (χ2n) is 3.98. The van der Waals surface area contributed by atoms with Crippen molar-refractivity contribution in [2.45, 2.75) is 19.5 Å². The zero-order chi connectivity index (χ0) is 14.5. The number of nitrogens with zero attached hydrogens (tertiary/aromatic N) is 2. The van der Waals surface area contributed by atoms with Gasteiger partial charge in [0, 0.05) is 17.7 Å². The van der Waals surface area contributed by atoms with Gasteiger partial charge in [0.15, 0.2) is 5.82 Å². The highest BCUT2D eigenvalue weighted by atomic mass is 32.2. The Kier molecular flexibility index (Phi) is 5.24. The number of thioether (sulfide) groups is 1. The first kappa shape index (κ1) is 15.1. The van der Waals surface area contributed by atoms with Crippen LogP contribution < -0.4 is 0 Å². The van der Waals surface area contributed by atoms with E-state index in [1.165, 1.54) is 0 Å². The van der Waals surface area contributed by atoms with E-state index in [-0.39, 0.29) is 18.0 Å². The van der Waals surface area contributed by atoms with E-state index in [0.717, 1.165) is 11.9 Å². The van der Waals surface area contributed by atoms with Crippen LogP contribution in [-0.4, -0.2) is 40.7 Å². The lowest BCUT2D eigenvalue weighted by molar-refractivity contribution is 0.0506. The van der Waals surface area contributed by atoms with Crippen molar-refractivity contribution in [3.05, 3.63) is 23.3 Å². The summed E-state index contributed by atoms with van der Waals surface area (Å²) in [6.45, 7) is 2.23. The molecular formula is C12H14F2N2O3S. The van der Waals surface area contributed by atoms with Crippen LogP contribution in [0.15, 0.2) is 6.20 Å². The molecule has 2 rings (SSSR count). The van der Waals surface area contributed by atoms with E-state index in [2.05, 4.69) is 9.97 Å². The number of halogens is 2. The Hall–Kier alpha value is -1.28. The first-order valence-corrected chi connectivity index (χ1v) is 7.30. The normalized spacial score (nSPS) is 19.1. The van der Waals surface area contributed by atoms with Crippen LogP contribution in [-0.2, 0) is 9.47 Å². The van der Waals surface area contributed by atoms with E-state index < -0.39 is 24.2 Å². The third kappa shape index (κ3) is 3.43. The quantitative estimate of drug-likeness (QED) is 0.796. The molecule has 0 spiro atoms. The molecule has 0 aromatic carbocycles. The number of rotatable bonds is 4. The third-order valence-electron chi connectivity index (χ3n) is 2.64. The van der Waals surface area contributed by atoms with Crippen molar-refractivity contribution in [2.24, 2.45) is 0 Å². The van der Waals surface area contributed by atoms with Gasteiger partial charge in [-0.1, -0.05) is 0 Å². The number of carbonyl (C=O) groups excluding carboxylic acids is 1. The Labute approximate surface area is 119 Å². The predicted molar refractivity (Wildman–Crippen MR) is 69.0 cm³/mol. The van der Waals surface area contributed by atoms with Crippen LogP contribution in [0.2, 0.25) is 0 Å². The minimum atomic E-state index is -2.87. The van der Waals surface area contributed by atoms with E-state index in [1.54, 1.807) is 18.7 Å². The Balaban J connectivity index is 2.29. The summed E-state index contributed by atoms with van der Waals surface area (Å²) in [6, 6.07) is 0. The van der Waals surface area contributed by atoms with Crippen molar-refractivity contribution in [3.63, 3.8) is 0 Å². The van der Waals surface area contributed by atoms with Crippen molar-refractivity contribution >= 4 is 17.7 Å². The van der Waals surface area contributed by atoms with E-state index in [4.69, 9.17) is 9.47 Å². The van der Waals surface area contributed by atoms with Gasteiger partial charge in [-0.25, -0.2) is 23.5 Å². The van der Waals surface area contributed by atoms with Crippen molar-refractivity contribution in [1.82, 2.24) is 9.97 Å². The van der Waals surface area contributed by atoms with Crippen LogP contribution in [0.3, 0.4) is 0 Å². The Morgan fingerprint density at radius 2 is 2.45 bits per heavy atom. The van der Waals surface area contributed by atoms with Gasteiger partial charge in [0.25, 0.3) is 6.43 Å². The maximum atomic E-state index is 13.0. The number of hydrogen-bond donors (Lipinski definition) is 0. The van der Waals surface area contributed by atoms with E-state index in [9.17, 15) is 13.6 Å². The van der Waals surface area contributed by atoms with Gasteiger partial charge in [0.1, 0.15) is 17.4 Å². The number of hydrogen-bond acceptors (Lipinski definition) is 6. The number of esters is 1. The van der Waals surface area contributed by atoms with Gasteiger partial charge < -0.3 is 9.47 Å². The van der Waals surface area contributed by atoms with Crippen molar-refractivity contribution in [2.75, 3.05) is 24.7 Å². The molecule has 20 heavy (non-hydrogen) atoms. The SMILES string of the molecule is CCOC(=O)c1cnc(C2CSCCO2)nc1C(F)F. The highest BCUT2D eigenvalue weighted by molar-refractivity contribution is 7.99. The zero-order valence-corrected chi connectivity index (χ0v) is 11.7. The van der Waals surface area contributed by atoms with Gasteiger partial charge in [-0.2, -0.15) is 11.8 Å². The molecule has 1 atom stereocenters. The lowest BCUT2D eigenvalue weighted by Gasteiger charge is -2.21. The van der Waals surface area contributed by atoms with Crippen LogP contribution in [0.4, 0.5) is 8.78 Å². The third-order valence-corrected chi connectivity index (χ3v) is 3.64. The van der Waals surface area contributed by atoms with E-state index in [0.29, 0.717) is 12.4 Å². The standard InChI is InChI=1S/C12H14F2N2O3S/c1-2-18-12(17)7-5-15-11(16-9(7)10(13)14)8-6-20-4-3-19-8/h5,8,10H,2-4,6H2,1H3. The molecule has 1 unspecified atom stereocenters. The van der Waals surface area contributed by atoms with Crippen LogP contribution in [0.25, 0.3) is 0 Å². The van der Waals surface area contributed by atoms with E-state index >= 15 is 0 Å². The van der Waals surface area contributed by atoms with Crippen molar-refractivity contribution in [1.29, 1.82) is 0 Å². The molecular weight excluding hydrogens is 290 g/mol. The predicted octanol–water partition coefficient (Wildman–Crippen LogP) is 2.40. The van der Waals surface area contributed by atoms with Gasteiger partial charge in [-0.05, 0) is 6.92 Å². The second-order valence-corrected chi connectivity index (χ2v) is 5.13. The number of alkyl halides is 2. The summed E-state index contributed by atoms with van der Waals surface area (Å²) in [6.07, 6.45) is -2.19. The number of aromatic nitrogens is 2. The van der Waals surface area contributed by atoms with Gasteiger partial charge in [-0.15, -0.1) is 0 Å². The molecule has 1 aliphatic heterocycles. The minimum absolute atomic E-state index is 0.103. The molecule has 0 N–H and O–H groups in total. The first-order chi connectivity index (χ1) is 9.63. The summed E-state index contributed by atoms with van der Waals surface area (Å²) >= 11 is 1.65. The fourth-order valence-corrected chi connectivity index (χ4v) is 2.57. The first-order valence-electron chi connectivity index (χ1n) is 6.15. The lowest BCUT2D eigenvalue weighted by Crippen LogP contribution is -2.20. The summed E-state index contributed by atoms with van der Waals surface area (Å²) in [5.74, 6) is 0.814. The molecule has 1 aromatic heterocycles. The average Bonchev–Trinajstić information content (AvgIpc) is 2.47. The summed E-state index contributed by atoms with van der Waals surface area (Å²) in [4.78, 5) is 19.4. The minimum Gasteiger partial charge on any atom is -0.462 e. The average molecular weight is 304 g/mol. The number of carbonyl (C=O) groups is 1. The molecule has 0 bridgehead atoms. The van der Waals surface area contributed by atoms with Crippen LogP contribution in [0.5, 0.6) is 0 Å². The summed E-state index contributed by atoms with van der Waals surface area (Å²) < 4.78 is 36.2. The second kappa shape index (κ2) is 6.94. The molecule has 5 nitrogen and oxygen atoms in total. The summed E-state index contributed by atoms with van der Waals surface area (Å²) in [5, 5.41) is 0. The topological polar surface area (TPSA) is 61.3 Å². The largest absolute Gasteiger partial charge is 0.462 e. The summed E-state index contributed by atoms with van der Waals surface area (Å²) in [5.41, 5.74) is -0.901. The molecule has 0 saturated carbocycles. The molecule has 8 heteroatoms. The van der Waals surface area contributed by atoms with E-state index in [1.807, 2.05) is 0 Å². The monoisotopic (exact) mass is 304 g/mol. The van der Waals surface area contributed by atoms with Crippen LogP contribution in [0.1, 0.15) is 41.3 Å². The van der Waals surface area contributed by atoms with Crippen LogP contribution in [0, 0.1) is 0 Å². The highest BCUT2D eigenvalue weighted by Crippen LogP contribution is 2.27. The van der Waals surface area contributed by atoms with Gasteiger partial charge in [0.2, 0.25) is 0 Å². The van der Waals surface area contributed by atoms with Gasteiger partial charge in [0.05, 0.1) is 13.2 Å². The maximum Gasteiger partial charge on any atom is 0.341 e. The fourth-order valence-electron chi connectivity index (χ4n) is 1.73. The Bertz CT molecular complexity index is 482. The fraction of sp³-hybridized carbons (Fsp3) is 0.583. The van der Waals surface area contributed by atoms with Crippen molar-refractivity contribution in [3.8, 4) is 0 Å². The number of ether oxygens (including phenoxy) is 2. The van der Waals surface area contributed by atoms with Crippen molar-refractivity contribution < 1.29 is 23.0 Å². The zero-order valence-electron chi connectivity index (χ0n) is 10.8.